The molecule has 0 saturated carbocycles. The molecular weight excluding hydrogens is 430 g/mol. The molecule has 1 rings (SSSR count). The maximum Gasteiger partial charge on any atom is 0.152 e. The van der Waals surface area contributed by atoms with Gasteiger partial charge in [0.15, 0.2) is 10.1 Å². The second-order valence-corrected chi connectivity index (χ2v) is 3.61. The predicted octanol–water partition coefficient (Wildman–Crippen LogP) is 2.05. The Morgan fingerprint density at radius 2 is 1.17 bits per heavy atom. The van der Waals surface area contributed by atoms with Crippen LogP contribution < -0.4 is 0 Å². The minimum Gasteiger partial charge on any atom is -0.506 e. The molecular formula is C5H7Cl2O2Y3-. The molecule has 0 amide bonds. The van der Waals surface area contributed by atoms with E-state index in [-0.39, 0.29) is 98.1 Å². The van der Waals surface area contributed by atoms with Crippen LogP contribution in [0.1, 0.15) is 13.8 Å². The van der Waals surface area contributed by atoms with Crippen LogP contribution in [0.25, 0.3) is 0 Å². The van der Waals surface area contributed by atoms with E-state index in [9.17, 15) is 0 Å². The summed E-state index contributed by atoms with van der Waals surface area (Å²) >= 11 is 11.5. The van der Waals surface area contributed by atoms with E-state index in [0.29, 0.717) is 0 Å². The molecule has 1 aliphatic rings. The van der Waals surface area contributed by atoms with Gasteiger partial charge in [0.25, 0.3) is 0 Å². The number of rotatable bonds is 0. The second-order valence-electron chi connectivity index (χ2n) is 2.17. The van der Waals surface area contributed by atoms with E-state index in [0.717, 1.165) is 6.79 Å². The Balaban J connectivity index is -0.000000270. The van der Waals surface area contributed by atoms with Crippen LogP contribution in [0.5, 0.6) is 0 Å². The molecule has 7 heteroatoms. The van der Waals surface area contributed by atoms with Crippen molar-refractivity contribution >= 4 is 23.2 Å². The molecule has 12 heavy (non-hydrogen) atoms. The fourth-order valence-corrected chi connectivity index (χ4v) is 0.577. The topological polar surface area (TPSA) is 18.5 Å². The van der Waals surface area contributed by atoms with E-state index in [2.05, 4.69) is 0 Å². The predicted molar refractivity (Wildman–Crippen MR) is 35.0 cm³/mol. The van der Waals surface area contributed by atoms with Crippen molar-refractivity contribution in [1.82, 2.24) is 0 Å². The van der Waals surface area contributed by atoms with Crippen molar-refractivity contribution in [3.8, 4) is 0 Å². The maximum atomic E-state index is 5.75. The van der Waals surface area contributed by atoms with Crippen LogP contribution in [0, 0.1) is 6.79 Å². The molecule has 1 aliphatic heterocycles. The molecule has 1 saturated heterocycles. The third-order valence-corrected chi connectivity index (χ3v) is 2.33. The zero-order valence-corrected chi connectivity index (χ0v) is 16.9. The van der Waals surface area contributed by atoms with E-state index in [1.165, 1.54) is 0 Å². The molecule has 0 aromatic heterocycles. The Bertz CT molecular complexity index is 118. The van der Waals surface area contributed by atoms with Crippen LogP contribution >= 0.6 is 23.2 Å². The van der Waals surface area contributed by atoms with Crippen LogP contribution in [0.15, 0.2) is 0 Å². The third-order valence-electron chi connectivity index (χ3n) is 1.34. The summed E-state index contributed by atoms with van der Waals surface area (Å²) in [6.07, 6.45) is 0. The van der Waals surface area contributed by atoms with Gasteiger partial charge >= 0.3 is 0 Å². The van der Waals surface area contributed by atoms with Gasteiger partial charge < -0.3 is 9.47 Å². The van der Waals surface area contributed by atoms with Gasteiger partial charge in [0.05, 0.1) is 0 Å². The molecule has 2 nitrogen and oxygen atoms in total. The Morgan fingerprint density at radius 3 is 1.25 bits per heavy atom. The minimum absolute atomic E-state index is 0. The van der Waals surface area contributed by atoms with E-state index >= 15 is 0 Å². The standard InChI is InChI=1S/C5H7Cl2O2.3Y/c1-4(6)5(2,7)9-3-8-4;;;/h3H,1-2H3;;;/q-1;;;. The first-order valence-electron chi connectivity index (χ1n) is 2.51. The van der Waals surface area contributed by atoms with Crippen molar-refractivity contribution in [2.75, 3.05) is 0 Å². The SMILES string of the molecule is CC1(Cl)O[CH-]OC1(C)Cl.[Y].[Y].[Y]. The van der Waals surface area contributed by atoms with Crippen LogP contribution in [0.2, 0.25) is 0 Å². The van der Waals surface area contributed by atoms with Crippen molar-refractivity contribution in [1.29, 1.82) is 0 Å². The number of hydrogen-bond acceptors (Lipinski definition) is 2. The van der Waals surface area contributed by atoms with Crippen molar-refractivity contribution in [2.45, 2.75) is 24.0 Å². The van der Waals surface area contributed by atoms with Gasteiger partial charge in [-0.15, -0.1) is 0 Å². The summed E-state index contributed by atoms with van der Waals surface area (Å²) in [4.78, 5) is 0. The van der Waals surface area contributed by atoms with Crippen molar-refractivity contribution in [3.05, 3.63) is 6.79 Å². The van der Waals surface area contributed by atoms with Crippen LogP contribution in [-0.2, 0) is 108 Å². The number of alkyl halides is 2. The summed E-state index contributed by atoms with van der Waals surface area (Å²) in [5, 5.41) is -1.90. The van der Waals surface area contributed by atoms with Crippen LogP contribution in [0.4, 0.5) is 0 Å². The molecule has 0 bridgehead atoms. The minimum atomic E-state index is -0.950. The van der Waals surface area contributed by atoms with E-state index in [1.807, 2.05) is 0 Å². The first-order valence-corrected chi connectivity index (χ1v) is 3.26. The first kappa shape index (κ1) is 21.1. The molecule has 0 spiro atoms. The van der Waals surface area contributed by atoms with Gasteiger partial charge in [0.1, 0.15) is 0 Å². The van der Waals surface area contributed by atoms with E-state index in [1.54, 1.807) is 13.8 Å². The molecule has 0 aromatic carbocycles. The fourth-order valence-electron chi connectivity index (χ4n) is 0.415. The van der Waals surface area contributed by atoms with Crippen molar-refractivity contribution in [3.63, 3.8) is 0 Å². The summed E-state index contributed by atoms with van der Waals surface area (Å²) in [6, 6.07) is 0. The van der Waals surface area contributed by atoms with Gasteiger partial charge in [-0.2, -0.15) is 0 Å². The van der Waals surface area contributed by atoms with Crippen molar-refractivity contribution < 1.29 is 108 Å². The third kappa shape index (κ3) is 5.23. The fraction of sp³-hybridized carbons (Fsp3) is 0.800. The smallest absolute Gasteiger partial charge is 0.152 e. The van der Waals surface area contributed by atoms with E-state index in [4.69, 9.17) is 32.7 Å². The monoisotopic (exact) mass is 436 g/mol. The molecule has 0 aliphatic carbocycles. The first-order chi connectivity index (χ1) is 3.96. The molecule has 2 atom stereocenters. The largest absolute Gasteiger partial charge is 0.506 e. The van der Waals surface area contributed by atoms with Gasteiger partial charge in [-0.25, -0.2) is 0 Å². The summed E-state index contributed by atoms with van der Waals surface area (Å²) in [5.41, 5.74) is 0. The average molecular weight is 437 g/mol. The normalized spacial score (nSPS) is 39.0. The number of halogens is 2. The average Bonchev–Trinajstić information content (AvgIpc) is 1.81. The van der Waals surface area contributed by atoms with Gasteiger partial charge in [-0.1, -0.05) is 30.0 Å². The molecule has 2 unspecified atom stereocenters. The Labute approximate surface area is 158 Å². The van der Waals surface area contributed by atoms with Gasteiger partial charge in [0, 0.05) is 98.1 Å². The quantitative estimate of drug-likeness (QED) is 0.427. The molecule has 1 heterocycles. The number of ether oxygens (including phenoxy) is 2. The maximum absolute atomic E-state index is 5.75. The van der Waals surface area contributed by atoms with E-state index < -0.39 is 10.1 Å². The van der Waals surface area contributed by atoms with Gasteiger partial charge in [-0.3, -0.25) is 0 Å². The molecule has 3 radical (unpaired) electrons. The number of hydrogen-bond donors (Lipinski definition) is 0. The van der Waals surface area contributed by atoms with Gasteiger partial charge in [0.2, 0.25) is 0 Å². The van der Waals surface area contributed by atoms with Crippen molar-refractivity contribution in [2.24, 2.45) is 0 Å². The van der Waals surface area contributed by atoms with Crippen LogP contribution in [0.3, 0.4) is 0 Å². The van der Waals surface area contributed by atoms with Crippen LogP contribution in [-0.4, -0.2) is 10.1 Å². The zero-order valence-electron chi connectivity index (χ0n) is 6.88. The Hall–Kier alpha value is 3.81. The van der Waals surface area contributed by atoms with Gasteiger partial charge in [-0.05, 0) is 13.8 Å². The summed E-state index contributed by atoms with van der Waals surface area (Å²) in [6.45, 7) is 4.44. The Kier molecular flexibility index (Phi) is 14.1. The summed E-state index contributed by atoms with van der Waals surface area (Å²) in [5.74, 6) is 0. The summed E-state index contributed by atoms with van der Waals surface area (Å²) < 4.78 is 9.68. The summed E-state index contributed by atoms with van der Waals surface area (Å²) in [7, 11) is 0. The second kappa shape index (κ2) is 7.98. The Morgan fingerprint density at radius 1 is 0.917 bits per heavy atom. The molecule has 0 N–H and O–H groups in total. The zero-order chi connectivity index (χ0) is 7.12. The molecule has 63 valence electrons. The molecule has 1 fully saturated rings. The molecule has 0 aromatic rings.